The molecule has 2 heterocycles. The summed E-state index contributed by atoms with van der Waals surface area (Å²) in [7, 11) is 1.57. The van der Waals surface area contributed by atoms with Crippen LogP contribution in [-0.4, -0.2) is 42.0 Å². The summed E-state index contributed by atoms with van der Waals surface area (Å²) in [5, 5.41) is 0. The Balaban J connectivity index is 1.66. The van der Waals surface area contributed by atoms with E-state index in [0.717, 1.165) is 33.4 Å². The van der Waals surface area contributed by atoms with Crippen LogP contribution in [0.25, 0.3) is 0 Å². The molecule has 0 saturated heterocycles. The van der Waals surface area contributed by atoms with Gasteiger partial charge in [0, 0.05) is 31.3 Å². The zero-order chi connectivity index (χ0) is 25.8. The van der Waals surface area contributed by atoms with Crippen molar-refractivity contribution in [1.29, 1.82) is 0 Å². The van der Waals surface area contributed by atoms with E-state index in [1.807, 2.05) is 26.0 Å². The van der Waals surface area contributed by atoms with Gasteiger partial charge in [-0.15, -0.1) is 0 Å². The van der Waals surface area contributed by atoms with Crippen molar-refractivity contribution < 1.29 is 23.5 Å². The fourth-order valence-electron chi connectivity index (χ4n) is 4.75. The van der Waals surface area contributed by atoms with E-state index < -0.39 is 5.82 Å². The molecule has 7 heteroatoms. The molecule has 0 unspecified atom stereocenters. The molecule has 0 saturated carbocycles. The van der Waals surface area contributed by atoms with Crippen molar-refractivity contribution in [2.45, 2.75) is 46.1 Å². The molecule has 1 atom stereocenters. The number of hydrogen-bond donors (Lipinski definition) is 0. The largest absolute Gasteiger partial charge is 0.481 e. The minimum atomic E-state index is -0.512. The van der Waals surface area contributed by atoms with Crippen molar-refractivity contribution in [3.05, 3.63) is 93.4 Å². The summed E-state index contributed by atoms with van der Waals surface area (Å²) in [6, 6.07) is 12.6. The van der Waals surface area contributed by atoms with Crippen LogP contribution < -0.4 is 4.74 Å². The highest BCUT2D eigenvalue weighted by molar-refractivity contribution is 5.94. The smallest absolute Gasteiger partial charge is 0.306 e. The number of hydrogen-bond acceptors (Lipinski definition) is 5. The van der Waals surface area contributed by atoms with E-state index in [-0.39, 0.29) is 29.8 Å². The van der Waals surface area contributed by atoms with Gasteiger partial charge in [0.1, 0.15) is 5.82 Å². The molecular formula is C29H31FN2O4. The Morgan fingerprint density at radius 2 is 1.92 bits per heavy atom. The number of ether oxygens (including phenoxy) is 2. The summed E-state index contributed by atoms with van der Waals surface area (Å²) in [6.45, 7) is 6.80. The van der Waals surface area contributed by atoms with Gasteiger partial charge in [0.05, 0.1) is 25.7 Å². The first-order valence-corrected chi connectivity index (χ1v) is 12.1. The second-order valence-electron chi connectivity index (χ2n) is 9.13. The van der Waals surface area contributed by atoms with E-state index in [4.69, 9.17) is 9.47 Å². The Kier molecular flexibility index (Phi) is 7.67. The van der Waals surface area contributed by atoms with Gasteiger partial charge < -0.3 is 14.4 Å². The zero-order valence-electron chi connectivity index (χ0n) is 21.1. The number of benzene rings is 2. The molecule has 188 valence electrons. The maximum absolute atomic E-state index is 14.4. The first kappa shape index (κ1) is 25.4. The third-order valence-electron chi connectivity index (χ3n) is 6.67. The number of aryl methyl sites for hydroxylation is 2. The monoisotopic (exact) mass is 490 g/mol. The van der Waals surface area contributed by atoms with Gasteiger partial charge >= 0.3 is 5.97 Å². The molecule has 0 N–H and O–H groups in total. The lowest BCUT2D eigenvalue weighted by atomic mass is 9.84. The van der Waals surface area contributed by atoms with Crippen molar-refractivity contribution in [3.63, 3.8) is 0 Å². The van der Waals surface area contributed by atoms with E-state index in [1.165, 1.54) is 6.07 Å². The van der Waals surface area contributed by atoms with Crippen LogP contribution >= 0.6 is 0 Å². The summed E-state index contributed by atoms with van der Waals surface area (Å²) in [4.78, 5) is 31.7. The molecular weight excluding hydrogens is 459 g/mol. The van der Waals surface area contributed by atoms with E-state index in [1.54, 1.807) is 37.3 Å². The molecule has 0 bridgehead atoms. The SMILES string of the molecule is CCOC(=O)C[C@@H](c1ccc2c(c1)CN(C(=O)c1cc(C)ccc1F)CC2)c1cnc(OC)cc1C. The van der Waals surface area contributed by atoms with Crippen LogP contribution in [0.15, 0.2) is 48.7 Å². The fraction of sp³-hybridized carbons (Fsp3) is 0.345. The number of methoxy groups -OCH3 is 1. The zero-order valence-corrected chi connectivity index (χ0v) is 21.1. The van der Waals surface area contributed by atoms with E-state index in [2.05, 4.69) is 17.1 Å². The first-order valence-electron chi connectivity index (χ1n) is 12.1. The van der Waals surface area contributed by atoms with Gasteiger partial charge in [-0.1, -0.05) is 29.8 Å². The molecule has 2 aromatic carbocycles. The van der Waals surface area contributed by atoms with Crippen LogP contribution in [0.2, 0.25) is 0 Å². The summed E-state index contributed by atoms with van der Waals surface area (Å²) in [5.74, 6) is -0.878. The summed E-state index contributed by atoms with van der Waals surface area (Å²) in [6.07, 6.45) is 2.59. The van der Waals surface area contributed by atoms with Gasteiger partial charge in [0.15, 0.2) is 0 Å². The van der Waals surface area contributed by atoms with Gasteiger partial charge in [-0.25, -0.2) is 9.37 Å². The molecule has 0 aliphatic carbocycles. The Bertz CT molecular complexity index is 1290. The summed E-state index contributed by atoms with van der Waals surface area (Å²) >= 11 is 0. The number of pyridine rings is 1. The Morgan fingerprint density at radius 1 is 1.11 bits per heavy atom. The lowest BCUT2D eigenvalue weighted by Crippen LogP contribution is -2.36. The number of halogens is 1. The van der Waals surface area contributed by atoms with Crippen LogP contribution in [0.4, 0.5) is 4.39 Å². The molecule has 1 aliphatic rings. The van der Waals surface area contributed by atoms with Crippen molar-refractivity contribution in [2.75, 3.05) is 20.3 Å². The molecule has 4 rings (SSSR count). The lowest BCUT2D eigenvalue weighted by Gasteiger charge is -2.30. The number of amides is 1. The van der Waals surface area contributed by atoms with Gasteiger partial charge in [-0.05, 0) is 67.1 Å². The maximum Gasteiger partial charge on any atom is 0.306 e. The number of carbonyl (C=O) groups is 2. The molecule has 36 heavy (non-hydrogen) atoms. The quantitative estimate of drug-likeness (QED) is 0.430. The van der Waals surface area contributed by atoms with Crippen molar-refractivity contribution in [1.82, 2.24) is 9.88 Å². The third-order valence-corrected chi connectivity index (χ3v) is 6.67. The Labute approximate surface area is 211 Å². The van der Waals surface area contributed by atoms with Crippen molar-refractivity contribution in [2.24, 2.45) is 0 Å². The molecule has 0 fully saturated rings. The second-order valence-corrected chi connectivity index (χ2v) is 9.13. The number of esters is 1. The summed E-state index contributed by atoms with van der Waals surface area (Å²) < 4.78 is 24.9. The second kappa shape index (κ2) is 10.9. The number of fused-ring (bicyclic) bond motifs is 1. The Hall–Kier alpha value is -3.74. The lowest BCUT2D eigenvalue weighted by molar-refractivity contribution is -0.143. The number of nitrogens with zero attached hydrogens (tertiary/aromatic N) is 2. The van der Waals surface area contributed by atoms with Gasteiger partial charge in [-0.3, -0.25) is 9.59 Å². The number of aromatic nitrogens is 1. The van der Waals surface area contributed by atoms with E-state index >= 15 is 0 Å². The molecule has 6 nitrogen and oxygen atoms in total. The molecule has 1 aliphatic heterocycles. The number of rotatable bonds is 7. The minimum Gasteiger partial charge on any atom is -0.481 e. The highest BCUT2D eigenvalue weighted by Gasteiger charge is 2.27. The third kappa shape index (κ3) is 5.40. The average Bonchev–Trinajstić information content (AvgIpc) is 2.88. The van der Waals surface area contributed by atoms with Crippen molar-refractivity contribution >= 4 is 11.9 Å². The summed E-state index contributed by atoms with van der Waals surface area (Å²) in [5.41, 5.74) is 5.88. The molecule has 3 aromatic rings. The highest BCUT2D eigenvalue weighted by Crippen LogP contribution is 2.34. The first-order chi connectivity index (χ1) is 17.3. The normalized spacial score (nSPS) is 13.6. The maximum atomic E-state index is 14.4. The molecule has 1 aromatic heterocycles. The van der Waals surface area contributed by atoms with Crippen LogP contribution in [-0.2, 0) is 22.5 Å². The van der Waals surface area contributed by atoms with E-state index in [9.17, 15) is 14.0 Å². The van der Waals surface area contributed by atoms with E-state index in [0.29, 0.717) is 32.0 Å². The molecule has 0 radical (unpaired) electrons. The van der Waals surface area contributed by atoms with Gasteiger partial charge in [0.2, 0.25) is 5.88 Å². The van der Waals surface area contributed by atoms with Gasteiger partial charge in [-0.2, -0.15) is 0 Å². The number of carbonyl (C=O) groups excluding carboxylic acids is 2. The minimum absolute atomic E-state index is 0.0923. The van der Waals surface area contributed by atoms with Crippen molar-refractivity contribution in [3.8, 4) is 5.88 Å². The fourth-order valence-corrected chi connectivity index (χ4v) is 4.75. The Morgan fingerprint density at radius 3 is 2.64 bits per heavy atom. The predicted octanol–water partition coefficient (Wildman–Crippen LogP) is 5.13. The highest BCUT2D eigenvalue weighted by atomic mass is 19.1. The van der Waals surface area contributed by atoms with Crippen LogP contribution in [0.3, 0.4) is 0 Å². The standard InChI is InChI=1S/C29H31FN2O4/c1-5-36-28(33)15-23(25-16-31-27(35-4)13-19(25)3)21-8-7-20-10-11-32(17-22(20)14-21)29(34)24-12-18(2)6-9-26(24)30/h6-9,12-14,16,23H,5,10-11,15,17H2,1-4H3/t23-/m0/s1. The predicted molar refractivity (Wildman–Crippen MR) is 135 cm³/mol. The van der Waals surface area contributed by atoms with Crippen LogP contribution in [0, 0.1) is 19.7 Å². The van der Waals surface area contributed by atoms with Crippen LogP contribution in [0.5, 0.6) is 5.88 Å². The molecule has 1 amide bonds. The van der Waals surface area contributed by atoms with Crippen LogP contribution in [0.1, 0.15) is 63.0 Å². The van der Waals surface area contributed by atoms with Gasteiger partial charge in [0.25, 0.3) is 5.91 Å². The molecule has 0 spiro atoms. The topological polar surface area (TPSA) is 68.7 Å². The average molecular weight is 491 g/mol.